The molecular weight excluding hydrogens is 300 g/mol. The molecule has 1 aliphatic heterocycles. The number of H-pyrrole nitrogens is 1. The van der Waals surface area contributed by atoms with E-state index in [1.54, 1.807) is 22.6 Å². The van der Waals surface area contributed by atoms with Gasteiger partial charge in [0, 0.05) is 31.2 Å². The van der Waals surface area contributed by atoms with Gasteiger partial charge in [-0.2, -0.15) is 9.40 Å². The molecule has 6 nitrogen and oxygen atoms in total. The van der Waals surface area contributed by atoms with Gasteiger partial charge in [-0.05, 0) is 49.8 Å². The highest BCUT2D eigenvalue weighted by Crippen LogP contribution is 2.25. The topological polar surface area (TPSA) is 79.0 Å². The van der Waals surface area contributed by atoms with Gasteiger partial charge in [0.2, 0.25) is 10.0 Å². The van der Waals surface area contributed by atoms with E-state index in [9.17, 15) is 8.42 Å². The lowest BCUT2D eigenvalue weighted by atomic mass is 9.94. The van der Waals surface area contributed by atoms with Crippen molar-refractivity contribution in [2.45, 2.75) is 31.1 Å². The molecule has 1 saturated heterocycles. The van der Waals surface area contributed by atoms with Gasteiger partial charge in [0.05, 0.1) is 6.20 Å². The van der Waals surface area contributed by atoms with Crippen molar-refractivity contribution < 1.29 is 8.42 Å². The van der Waals surface area contributed by atoms with Crippen molar-refractivity contribution in [1.82, 2.24) is 19.5 Å². The Labute approximate surface area is 130 Å². The molecule has 2 aromatic heterocycles. The zero-order valence-electron chi connectivity index (χ0n) is 12.6. The molecule has 3 heterocycles. The number of hydrogen-bond donors (Lipinski definition) is 1. The molecule has 0 aromatic carbocycles. The van der Waals surface area contributed by atoms with E-state index in [0.717, 1.165) is 30.5 Å². The molecule has 1 atom stereocenters. The van der Waals surface area contributed by atoms with E-state index in [1.807, 2.05) is 13.1 Å². The Morgan fingerprint density at radius 2 is 2.27 bits per heavy atom. The lowest BCUT2D eigenvalue weighted by Gasteiger charge is -2.31. The van der Waals surface area contributed by atoms with Gasteiger partial charge in [0.15, 0.2) is 0 Å². The molecular formula is C15H20N4O2S. The summed E-state index contributed by atoms with van der Waals surface area (Å²) in [5.74, 6) is 0.319. The number of pyridine rings is 1. The highest BCUT2D eigenvalue weighted by Gasteiger charge is 2.30. The molecule has 0 spiro atoms. The number of nitrogens with one attached hydrogen (secondary N) is 1. The maximum Gasteiger partial charge on any atom is 0.244 e. The molecule has 0 bridgehead atoms. The number of piperidine rings is 1. The second kappa shape index (κ2) is 6.18. The summed E-state index contributed by atoms with van der Waals surface area (Å²) >= 11 is 0. The first-order chi connectivity index (χ1) is 10.6. The summed E-state index contributed by atoms with van der Waals surface area (Å²) in [4.78, 5) is 4.19. The van der Waals surface area contributed by atoms with E-state index >= 15 is 0 Å². The molecule has 1 fully saturated rings. The third-order valence-electron chi connectivity index (χ3n) is 4.18. The van der Waals surface area contributed by atoms with Crippen LogP contribution in [0.5, 0.6) is 0 Å². The van der Waals surface area contributed by atoms with Crippen molar-refractivity contribution >= 4 is 10.0 Å². The average molecular weight is 320 g/mol. The van der Waals surface area contributed by atoms with E-state index in [2.05, 4.69) is 15.2 Å². The second-order valence-corrected chi connectivity index (χ2v) is 7.73. The van der Waals surface area contributed by atoms with Crippen LogP contribution < -0.4 is 0 Å². The van der Waals surface area contributed by atoms with E-state index in [4.69, 9.17) is 0 Å². The predicted molar refractivity (Wildman–Crippen MR) is 82.7 cm³/mol. The predicted octanol–water partition coefficient (Wildman–Crippen LogP) is 1.76. The van der Waals surface area contributed by atoms with Gasteiger partial charge in [0.1, 0.15) is 4.90 Å². The zero-order valence-corrected chi connectivity index (χ0v) is 13.4. The van der Waals surface area contributed by atoms with Crippen molar-refractivity contribution in [1.29, 1.82) is 0 Å². The van der Waals surface area contributed by atoms with Crippen LogP contribution in [0.3, 0.4) is 0 Å². The van der Waals surface area contributed by atoms with Gasteiger partial charge in [-0.15, -0.1) is 0 Å². The van der Waals surface area contributed by atoms with Crippen LogP contribution in [-0.2, 0) is 16.4 Å². The molecule has 0 saturated carbocycles. The number of sulfonamides is 1. The molecule has 3 rings (SSSR count). The van der Waals surface area contributed by atoms with Crippen LogP contribution in [-0.4, -0.2) is 41.0 Å². The normalized spacial score (nSPS) is 20.1. The van der Waals surface area contributed by atoms with Crippen molar-refractivity contribution in [2.24, 2.45) is 5.92 Å². The number of aryl methyl sites for hydroxylation is 1. The number of aromatic amines is 1. The Hall–Kier alpha value is -1.73. The molecule has 0 radical (unpaired) electrons. The van der Waals surface area contributed by atoms with Crippen LogP contribution in [0.25, 0.3) is 0 Å². The summed E-state index contributed by atoms with van der Waals surface area (Å²) in [7, 11) is -3.44. The summed E-state index contributed by atoms with van der Waals surface area (Å²) in [5, 5.41) is 7.05. The molecule has 1 N–H and O–H groups in total. The smallest absolute Gasteiger partial charge is 0.244 e. The Kier molecular flexibility index (Phi) is 4.26. The van der Waals surface area contributed by atoms with Gasteiger partial charge in [-0.3, -0.25) is 10.1 Å². The fraction of sp³-hybridized carbons (Fsp3) is 0.467. The van der Waals surface area contributed by atoms with Gasteiger partial charge >= 0.3 is 0 Å². The van der Waals surface area contributed by atoms with Crippen LogP contribution in [0, 0.1) is 12.8 Å². The molecule has 118 valence electrons. The Morgan fingerprint density at radius 1 is 1.41 bits per heavy atom. The van der Waals surface area contributed by atoms with Crippen molar-refractivity contribution in [3.05, 3.63) is 42.0 Å². The zero-order chi connectivity index (χ0) is 15.6. The van der Waals surface area contributed by atoms with Crippen LogP contribution in [0.15, 0.2) is 35.6 Å². The largest absolute Gasteiger partial charge is 0.282 e. The Bertz CT molecular complexity index is 727. The Balaban J connectivity index is 1.74. The molecule has 1 aliphatic rings. The fourth-order valence-electron chi connectivity index (χ4n) is 2.93. The average Bonchev–Trinajstić information content (AvgIpc) is 2.94. The van der Waals surface area contributed by atoms with Gasteiger partial charge < -0.3 is 0 Å². The molecule has 22 heavy (non-hydrogen) atoms. The first-order valence-corrected chi connectivity index (χ1v) is 8.90. The minimum Gasteiger partial charge on any atom is -0.282 e. The minimum atomic E-state index is -3.44. The Morgan fingerprint density at radius 3 is 2.95 bits per heavy atom. The lowest BCUT2D eigenvalue weighted by molar-refractivity contribution is 0.264. The molecule has 0 unspecified atom stereocenters. The highest BCUT2D eigenvalue weighted by atomic mass is 32.2. The maximum absolute atomic E-state index is 12.7. The SMILES string of the molecule is Cc1cn[nH]c1C[C@@H]1CCCN(S(=O)(=O)c2cccnc2)C1. The van der Waals surface area contributed by atoms with Crippen LogP contribution in [0.1, 0.15) is 24.1 Å². The molecule has 0 amide bonds. The van der Waals surface area contributed by atoms with E-state index in [-0.39, 0.29) is 4.90 Å². The van der Waals surface area contributed by atoms with Crippen LogP contribution >= 0.6 is 0 Å². The van der Waals surface area contributed by atoms with Crippen molar-refractivity contribution in [2.75, 3.05) is 13.1 Å². The third kappa shape index (κ3) is 3.05. The third-order valence-corrected chi connectivity index (χ3v) is 6.03. The summed E-state index contributed by atoms with van der Waals surface area (Å²) in [5.41, 5.74) is 2.23. The second-order valence-electron chi connectivity index (χ2n) is 5.80. The number of hydrogen-bond acceptors (Lipinski definition) is 4. The van der Waals surface area contributed by atoms with Crippen LogP contribution in [0.2, 0.25) is 0 Å². The standard InChI is InChI=1S/C15H20N4O2S/c1-12-9-17-18-15(12)8-13-4-3-7-19(11-13)22(20,21)14-5-2-6-16-10-14/h2,5-6,9-10,13H,3-4,7-8,11H2,1H3,(H,17,18)/t13-/m0/s1. The van der Waals surface area contributed by atoms with E-state index in [1.165, 1.54) is 6.20 Å². The highest BCUT2D eigenvalue weighted by molar-refractivity contribution is 7.89. The summed E-state index contributed by atoms with van der Waals surface area (Å²) in [6, 6.07) is 3.26. The van der Waals surface area contributed by atoms with Gasteiger partial charge in [0.25, 0.3) is 0 Å². The summed E-state index contributed by atoms with van der Waals surface area (Å²) in [6.45, 7) is 3.15. The quantitative estimate of drug-likeness (QED) is 0.931. The van der Waals surface area contributed by atoms with Gasteiger partial charge in [-0.25, -0.2) is 8.42 Å². The van der Waals surface area contributed by atoms with Crippen molar-refractivity contribution in [3.63, 3.8) is 0 Å². The van der Waals surface area contributed by atoms with E-state index in [0.29, 0.717) is 19.0 Å². The summed E-state index contributed by atoms with van der Waals surface area (Å²) < 4.78 is 26.9. The monoisotopic (exact) mass is 320 g/mol. The lowest BCUT2D eigenvalue weighted by Crippen LogP contribution is -2.40. The molecule has 7 heteroatoms. The summed E-state index contributed by atoms with van der Waals surface area (Å²) in [6.07, 6.45) is 7.57. The fourth-order valence-corrected chi connectivity index (χ4v) is 4.45. The number of aromatic nitrogens is 3. The first-order valence-electron chi connectivity index (χ1n) is 7.46. The molecule has 0 aliphatic carbocycles. The van der Waals surface area contributed by atoms with Gasteiger partial charge in [-0.1, -0.05) is 0 Å². The first kappa shape index (κ1) is 15.2. The van der Waals surface area contributed by atoms with Crippen molar-refractivity contribution in [3.8, 4) is 0 Å². The minimum absolute atomic E-state index is 0.272. The number of nitrogens with zero attached hydrogens (tertiary/aromatic N) is 3. The molecule has 2 aromatic rings. The maximum atomic E-state index is 12.7. The van der Waals surface area contributed by atoms with Crippen LogP contribution in [0.4, 0.5) is 0 Å². The number of rotatable bonds is 4. The van der Waals surface area contributed by atoms with E-state index < -0.39 is 10.0 Å².